The van der Waals surface area contributed by atoms with Crippen molar-refractivity contribution in [1.29, 1.82) is 0 Å². The van der Waals surface area contributed by atoms with Gasteiger partial charge >= 0.3 is 0 Å². The predicted molar refractivity (Wildman–Crippen MR) is 114 cm³/mol. The molecular formula is C21H25N3O7S. The SMILES string of the molecule is O=C(COCCOc1ccccc1)NNC(=O)c1cccc(S(=O)(=O)N2CCOCC2)c1. The van der Waals surface area contributed by atoms with Crippen molar-refractivity contribution in [2.24, 2.45) is 0 Å². The maximum atomic E-state index is 12.7. The normalized spacial score (nSPS) is 14.5. The van der Waals surface area contributed by atoms with E-state index in [1.165, 1.54) is 28.6 Å². The van der Waals surface area contributed by atoms with Crippen molar-refractivity contribution in [3.8, 4) is 5.75 Å². The van der Waals surface area contributed by atoms with E-state index in [9.17, 15) is 18.0 Å². The van der Waals surface area contributed by atoms with E-state index in [0.29, 0.717) is 19.0 Å². The third kappa shape index (κ3) is 6.76. The summed E-state index contributed by atoms with van der Waals surface area (Å²) in [6.45, 7) is 1.35. The summed E-state index contributed by atoms with van der Waals surface area (Å²) in [5.41, 5.74) is 4.57. The number of hydrogen-bond acceptors (Lipinski definition) is 7. The topological polar surface area (TPSA) is 123 Å². The van der Waals surface area contributed by atoms with Crippen LogP contribution < -0.4 is 15.6 Å². The third-order valence-corrected chi connectivity index (χ3v) is 6.39. The number of amides is 2. The molecule has 172 valence electrons. The Labute approximate surface area is 186 Å². The molecule has 0 spiro atoms. The van der Waals surface area contributed by atoms with Gasteiger partial charge in [0.05, 0.1) is 24.7 Å². The highest BCUT2D eigenvalue weighted by Crippen LogP contribution is 2.18. The van der Waals surface area contributed by atoms with Crippen LogP contribution in [0.2, 0.25) is 0 Å². The molecule has 1 heterocycles. The first-order valence-electron chi connectivity index (χ1n) is 9.99. The summed E-state index contributed by atoms with van der Waals surface area (Å²) in [5.74, 6) is -0.509. The first kappa shape index (κ1) is 23.7. The second-order valence-electron chi connectivity index (χ2n) is 6.76. The van der Waals surface area contributed by atoms with Crippen molar-refractivity contribution in [2.75, 3.05) is 46.1 Å². The Kier molecular flexibility index (Phi) is 8.56. The van der Waals surface area contributed by atoms with E-state index < -0.39 is 21.8 Å². The zero-order chi connectivity index (χ0) is 22.8. The first-order valence-corrected chi connectivity index (χ1v) is 11.4. The minimum Gasteiger partial charge on any atom is -0.491 e. The summed E-state index contributed by atoms with van der Waals surface area (Å²) in [5, 5.41) is 0. The number of carbonyl (C=O) groups is 2. The largest absolute Gasteiger partial charge is 0.491 e. The fourth-order valence-electron chi connectivity index (χ4n) is 2.87. The number of rotatable bonds is 9. The summed E-state index contributed by atoms with van der Waals surface area (Å²) < 4.78 is 42.6. The molecule has 0 aromatic heterocycles. The zero-order valence-electron chi connectivity index (χ0n) is 17.4. The summed E-state index contributed by atoms with van der Waals surface area (Å²) in [6, 6.07) is 14.8. The van der Waals surface area contributed by atoms with Crippen molar-refractivity contribution in [3.63, 3.8) is 0 Å². The summed E-state index contributed by atoms with van der Waals surface area (Å²) in [7, 11) is -3.73. The van der Waals surface area contributed by atoms with Crippen molar-refractivity contribution in [3.05, 3.63) is 60.2 Å². The minimum atomic E-state index is -3.73. The molecule has 0 unspecified atom stereocenters. The van der Waals surface area contributed by atoms with Crippen LogP contribution in [0.4, 0.5) is 0 Å². The van der Waals surface area contributed by atoms with Crippen molar-refractivity contribution >= 4 is 21.8 Å². The van der Waals surface area contributed by atoms with Gasteiger partial charge in [0.15, 0.2) is 0 Å². The number of nitrogens with zero attached hydrogens (tertiary/aromatic N) is 1. The molecule has 2 amide bonds. The van der Waals surface area contributed by atoms with E-state index in [1.807, 2.05) is 30.3 Å². The molecule has 1 aliphatic heterocycles. The zero-order valence-corrected chi connectivity index (χ0v) is 18.2. The Morgan fingerprint density at radius 3 is 2.47 bits per heavy atom. The molecule has 3 rings (SSSR count). The molecule has 1 fully saturated rings. The van der Waals surface area contributed by atoms with E-state index in [4.69, 9.17) is 14.2 Å². The van der Waals surface area contributed by atoms with Crippen LogP contribution in [0.15, 0.2) is 59.5 Å². The molecule has 10 nitrogen and oxygen atoms in total. The highest BCUT2D eigenvalue weighted by Gasteiger charge is 2.26. The molecule has 1 aliphatic rings. The molecule has 0 saturated carbocycles. The Bertz CT molecular complexity index is 1010. The third-order valence-electron chi connectivity index (χ3n) is 4.49. The summed E-state index contributed by atoms with van der Waals surface area (Å²) in [6.07, 6.45) is 0. The average molecular weight is 464 g/mol. The van der Waals surface area contributed by atoms with Gasteiger partial charge in [0.2, 0.25) is 10.0 Å². The molecule has 11 heteroatoms. The molecule has 32 heavy (non-hydrogen) atoms. The highest BCUT2D eigenvalue weighted by molar-refractivity contribution is 7.89. The van der Waals surface area contributed by atoms with Gasteiger partial charge in [-0.2, -0.15) is 4.31 Å². The van der Waals surface area contributed by atoms with Crippen LogP contribution in [-0.4, -0.2) is 70.7 Å². The van der Waals surface area contributed by atoms with Crippen molar-refractivity contribution < 1.29 is 32.2 Å². The molecule has 0 radical (unpaired) electrons. The molecule has 2 aromatic carbocycles. The van der Waals surface area contributed by atoms with Crippen LogP contribution in [0.25, 0.3) is 0 Å². The van der Waals surface area contributed by atoms with Crippen LogP contribution in [-0.2, 0) is 24.3 Å². The number of nitrogens with one attached hydrogen (secondary N) is 2. The fraction of sp³-hybridized carbons (Fsp3) is 0.333. The molecule has 1 saturated heterocycles. The number of hydrogen-bond donors (Lipinski definition) is 2. The Morgan fingerprint density at radius 1 is 0.969 bits per heavy atom. The van der Waals surface area contributed by atoms with Gasteiger partial charge < -0.3 is 14.2 Å². The molecule has 0 bridgehead atoms. The van der Waals surface area contributed by atoms with Crippen molar-refractivity contribution in [1.82, 2.24) is 15.2 Å². The highest BCUT2D eigenvalue weighted by atomic mass is 32.2. The molecule has 2 aromatic rings. The van der Waals surface area contributed by atoms with Crippen LogP contribution >= 0.6 is 0 Å². The summed E-state index contributed by atoms with van der Waals surface area (Å²) in [4.78, 5) is 24.2. The number of hydrazine groups is 1. The standard InChI is InChI=1S/C21H25N3O7S/c25-20(16-30-13-14-31-18-6-2-1-3-7-18)22-23-21(26)17-5-4-8-19(15-17)32(27,28)24-9-11-29-12-10-24/h1-8,15H,9-14,16H2,(H,22,25)(H,23,26). The maximum Gasteiger partial charge on any atom is 0.269 e. The van der Waals surface area contributed by atoms with E-state index in [2.05, 4.69) is 10.9 Å². The van der Waals surface area contributed by atoms with Gasteiger partial charge in [-0.3, -0.25) is 20.4 Å². The van der Waals surface area contributed by atoms with Crippen molar-refractivity contribution in [2.45, 2.75) is 4.90 Å². The lowest BCUT2D eigenvalue weighted by atomic mass is 10.2. The Morgan fingerprint density at radius 2 is 1.72 bits per heavy atom. The molecule has 0 atom stereocenters. The minimum absolute atomic E-state index is 0.000117. The van der Waals surface area contributed by atoms with Crippen LogP contribution in [0.3, 0.4) is 0 Å². The van der Waals surface area contributed by atoms with E-state index >= 15 is 0 Å². The second-order valence-corrected chi connectivity index (χ2v) is 8.70. The van der Waals surface area contributed by atoms with E-state index in [0.717, 1.165) is 0 Å². The number of sulfonamides is 1. The van der Waals surface area contributed by atoms with Gasteiger partial charge in [-0.1, -0.05) is 24.3 Å². The number of benzene rings is 2. The lowest BCUT2D eigenvalue weighted by Gasteiger charge is -2.26. The molecule has 0 aliphatic carbocycles. The quantitative estimate of drug-likeness (QED) is 0.412. The fourth-order valence-corrected chi connectivity index (χ4v) is 4.32. The van der Waals surface area contributed by atoms with Gasteiger partial charge in [0.1, 0.15) is 19.0 Å². The van der Waals surface area contributed by atoms with Crippen LogP contribution in [0, 0.1) is 0 Å². The Hall–Kier alpha value is -2.99. The average Bonchev–Trinajstić information content (AvgIpc) is 2.83. The number of carbonyl (C=O) groups excluding carboxylic acids is 2. The Balaban J connectivity index is 1.42. The number of para-hydroxylation sites is 1. The van der Waals surface area contributed by atoms with Gasteiger partial charge in [-0.25, -0.2) is 8.42 Å². The lowest BCUT2D eigenvalue weighted by molar-refractivity contribution is -0.126. The van der Waals surface area contributed by atoms with Crippen LogP contribution in [0.5, 0.6) is 5.75 Å². The van der Waals surface area contributed by atoms with E-state index in [1.54, 1.807) is 0 Å². The van der Waals surface area contributed by atoms with E-state index in [-0.39, 0.29) is 43.4 Å². The van der Waals surface area contributed by atoms with Gasteiger partial charge in [-0.15, -0.1) is 0 Å². The van der Waals surface area contributed by atoms with Gasteiger partial charge in [0, 0.05) is 18.7 Å². The second kappa shape index (κ2) is 11.6. The van der Waals surface area contributed by atoms with Gasteiger partial charge in [0.25, 0.3) is 11.8 Å². The summed E-state index contributed by atoms with van der Waals surface area (Å²) >= 11 is 0. The maximum absolute atomic E-state index is 12.7. The van der Waals surface area contributed by atoms with Gasteiger partial charge in [-0.05, 0) is 30.3 Å². The number of ether oxygens (including phenoxy) is 3. The van der Waals surface area contributed by atoms with Crippen LogP contribution in [0.1, 0.15) is 10.4 Å². The molecular weight excluding hydrogens is 438 g/mol. The monoisotopic (exact) mass is 463 g/mol. The molecule has 2 N–H and O–H groups in total. The smallest absolute Gasteiger partial charge is 0.269 e. The number of morpholine rings is 1. The first-order chi connectivity index (χ1) is 15.5. The lowest BCUT2D eigenvalue weighted by Crippen LogP contribution is -2.43. The predicted octanol–water partition coefficient (Wildman–Crippen LogP) is 0.564.